The molecule has 5 aromatic rings. The van der Waals surface area contributed by atoms with Crippen LogP contribution in [-0.2, 0) is 0 Å². The molecule has 35 heavy (non-hydrogen) atoms. The van der Waals surface area contributed by atoms with Crippen molar-refractivity contribution >= 4 is 33.9 Å². The summed E-state index contributed by atoms with van der Waals surface area (Å²) in [5.74, 6) is -0.664. The molecule has 0 bridgehead atoms. The number of nitrogens with one attached hydrogen (secondary N) is 1. The van der Waals surface area contributed by atoms with Crippen LogP contribution in [0.25, 0.3) is 16.7 Å². The highest BCUT2D eigenvalue weighted by molar-refractivity contribution is 6.16. The summed E-state index contributed by atoms with van der Waals surface area (Å²) in [4.78, 5) is 24.9. The van der Waals surface area contributed by atoms with Gasteiger partial charge in [0.25, 0.3) is 11.9 Å². The van der Waals surface area contributed by atoms with Gasteiger partial charge < -0.3 is 10.4 Å². The first-order chi connectivity index (χ1) is 17.2. The second-order valence-corrected chi connectivity index (χ2v) is 7.20. The molecule has 11 nitrogen and oxygen atoms in total. The standard InChI is InChI=1S/C24H15N9O2/c25-11-16-12-29-33(24-27-13-26-14-28-24)22(16)32-31-19-10-15-6-4-5-9-18(15)20(21(19)34)23(35)30-17-7-2-1-3-8-17/h1-10,12-14,34H,(H,30,35)/b32-31+. The van der Waals surface area contributed by atoms with E-state index in [9.17, 15) is 15.2 Å². The van der Waals surface area contributed by atoms with Gasteiger partial charge in [0.05, 0.1) is 11.8 Å². The highest BCUT2D eigenvalue weighted by atomic mass is 16.3. The molecule has 0 radical (unpaired) electrons. The van der Waals surface area contributed by atoms with Crippen LogP contribution in [0, 0.1) is 11.3 Å². The van der Waals surface area contributed by atoms with Gasteiger partial charge in [-0.3, -0.25) is 4.79 Å². The summed E-state index contributed by atoms with van der Waals surface area (Å²) in [6.07, 6.45) is 3.87. The van der Waals surface area contributed by atoms with Gasteiger partial charge in [-0.25, -0.2) is 4.98 Å². The Labute approximate surface area is 198 Å². The highest BCUT2D eigenvalue weighted by Gasteiger charge is 2.20. The second kappa shape index (κ2) is 9.16. The summed E-state index contributed by atoms with van der Waals surface area (Å²) >= 11 is 0. The molecule has 1 amide bonds. The minimum absolute atomic E-state index is 0.0363. The predicted molar refractivity (Wildman–Crippen MR) is 126 cm³/mol. The number of phenols is 1. The van der Waals surface area contributed by atoms with Crippen molar-refractivity contribution in [1.29, 1.82) is 5.26 Å². The Morgan fingerprint density at radius 2 is 1.77 bits per heavy atom. The summed E-state index contributed by atoms with van der Waals surface area (Å²) < 4.78 is 1.23. The number of para-hydroxylation sites is 1. The third kappa shape index (κ3) is 4.14. The monoisotopic (exact) mass is 461 g/mol. The van der Waals surface area contributed by atoms with Crippen LogP contribution < -0.4 is 5.32 Å². The molecule has 11 heteroatoms. The summed E-state index contributed by atoms with van der Waals surface area (Å²) in [6.45, 7) is 0. The van der Waals surface area contributed by atoms with E-state index in [1.807, 2.05) is 18.2 Å². The van der Waals surface area contributed by atoms with E-state index in [-0.39, 0.29) is 34.3 Å². The quantitative estimate of drug-likeness (QED) is 0.366. The average molecular weight is 461 g/mol. The molecule has 168 valence electrons. The number of anilines is 1. The lowest BCUT2D eigenvalue weighted by atomic mass is 10.0. The number of amides is 1. The largest absolute Gasteiger partial charge is 0.505 e. The topological polar surface area (TPSA) is 154 Å². The molecule has 0 aliphatic rings. The summed E-state index contributed by atoms with van der Waals surface area (Å²) in [5, 5.41) is 36.9. The number of phenolic OH excluding ortho intramolecular Hbond substituents is 1. The molecule has 0 atom stereocenters. The first-order valence-electron chi connectivity index (χ1n) is 10.3. The van der Waals surface area contributed by atoms with E-state index in [0.717, 1.165) is 0 Å². The van der Waals surface area contributed by atoms with Crippen LogP contribution in [0.4, 0.5) is 17.2 Å². The summed E-state index contributed by atoms with van der Waals surface area (Å²) in [7, 11) is 0. The van der Waals surface area contributed by atoms with Crippen LogP contribution >= 0.6 is 0 Å². The fourth-order valence-electron chi connectivity index (χ4n) is 3.45. The molecule has 2 N–H and O–H groups in total. The van der Waals surface area contributed by atoms with Crippen LogP contribution in [0.5, 0.6) is 5.75 Å². The number of hydrogen-bond acceptors (Lipinski definition) is 9. The maximum Gasteiger partial charge on any atom is 0.260 e. The van der Waals surface area contributed by atoms with Gasteiger partial charge in [0.2, 0.25) is 0 Å². The number of nitrogens with zero attached hydrogens (tertiary/aromatic N) is 8. The highest BCUT2D eigenvalue weighted by Crippen LogP contribution is 2.38. The van der Waals surface area contributed by atoms with Crippen LogP contribution in [0.15, 0.2) is 89.7 Å². The first-order valence-corrected chi connectivity index (χ1v) is 10.3. The molecule has 0 aliphatic heterocycles. The number of hydrogen-bond donors (Lipinski definition) is 2. The van der Waals surface area contributed by atoms with Crippen molar-refractivity contribution in [1.82, 2.24) is 24.7 Å². The zero-order valence-electron chi connectivity index (χ0n) is 17.9. The lowest BCUT2D eigenvalue weighted by Gasteiger charge is -2.12. The Bertz CT molecular complexity index is 1610. The number of rotatable bonds is 5. The van der Waals surface area contributed by atoms with E-state index in [1.165, 1.54) is 23.5 Å². The van der Waals surface area contributed by atoms with Crippen LogP contribution in [0.2, 0.25) is 0 Å². The zero-order valence-corrected chi connectivity index (χ0v) is 17.9. The van der Waals surface area contributed by atoms with Crippen molar-refractivity contribution in [2.24, 2.45) is 10.2 Å². The minimum atomic E-state index is -0.505. The Morgan fingerprint density at radius 1 is 1.03 bits per heavy atom. The van der Waals surface area contributed by atoms with Crippen molar-refractivity contribution in [3.8, 4) is 17.8 Å². The normalized spacial score (nSPS) is 10.9. The van der Waals surface area contributed by atoms with Gasteiger partial charge in [-0.05, 0) is 29.0 Å². The SMILES string of the molecule is N#Cc1cnn(-c2ncncn2)c1/N=N/c1cc2ccccc2c(C(=O)Nc2ccccc2)c1O. The Morgan fingerprint density at radius 3 is 2.54 bits per heavy atom. The van der Waals surface area contributed by atoms with Gasteiger partial charge in [-0.15, -0.1) is 10.2 Å². The van der Waals surface area contributed by atoms with Gasteiger partial charge >= 0.3 is 0 Å². The second-order valence-electron chi connectivity index (χ2n) is 7.20. The van der Waals surface area contributed by atoms with Crippen molar-refractivity contribution in [2.45, 2.75) is 0 Å². The molecule has 2 aromatic heterocycles. The van der Waals surface area contributed by atoms with Gasteiger partial charge in [0.1, 0.15) is 30.0 Å². The molecule has 0 unspecified atom stereocenters. The number of benzene rings is 3. The molecule has 5 rings (SSSR count). The lowest BCUT2D eigenvalue weighted by molar-refractivity contribution is 0.102. The van der Waals surface area contributed by atoms with E-state index in [1.54, 1.807) is 48.5 Å². The van der Waals surface area contributed by atoms with Crippen LogP contribution in [-0.4, -0.2) is 35.7 Å². The minimum Gasteiger partial charge on any atom is -0.505 e. The van der Waals surface area contributed by atoms with Crippen molar-refractivity contribution in [3.63, 3.8) is 0 Å². The number of carbonyl (C=O) groups excluding carboxylic acids is 1. The third-order valence-electron chi connectivity index (χ3n) is 5.05. The number of carbonyl (C=O) groups is 1. The molecule has 0 saturated heterocycles. The molecular weight excluding hydrogens is 446 g/mol. The molecule has 0 spiro atoms. The lowest BCUT2D eigenvalue weighted by Crippen LogP contribution is -2.12. The Kier molecular flexibility index (Phi) is 5.59. The van der Waals surface area contributed by atoms with Gasteiger partial charge in [0.15, 0.2) is 11.6 Å². The maximum absolute atomic E-state index is 13.2. The van der Waals surface area contributed by atoms with Crippen LogP contribution in [0.3, 0.4) is 0 Å². The molecular formula is C24H15N9O2. The molecule has 0 saturated carbocycles. The zero-order chi connectivity index (χ0) is 24.2. The molecule has 0 fully saturated rings. The number of aromatic nitrogens is 5. The van der Waals surface area contributed by atoms with Crippen molar-refractivity contribution in [3.05, 3.63) is 90.6 Å². The molecule has 3 aromatic carbocycles. The maximum atomic E-state index is 13.2. The Hall–Kier alpha value is -5.50. The summed E-state index contributed by atoms with van der Waals surface area (Å²) in [5.41, 5.74) is 0.783. The van der Waals surface area contributed by atoms with Crippen LogP contribution in [0.1, 0.15) is 15.9 Å². The number of aromatic hydroxyl groups is 1. The smallest absolute Gasteiger partial charge is 0.260 e. The van der Waals surface area contributed by atoms with E-state index in [0.29, 0.717) is 16.5 Å². The third-order valence-corrected chi connectivity index (χ3v) is 5.05. The van der Waals surface area contributed by atoms with Gasteiger partial charge in [-0.1, -0.05) is 42.5 Å². The van der Waals surface area contributed by atoms with E-state index in [4.69, 9.17) is 0 Å². The number of azo groups is 1. The van der Waals surface area contributed by atoms with Crippen molar-refractivity contribution in [2.75, 3.05) is 5.32 Å². The van der Waals surface area contributed by atoms with E-state index in [2.05, 4.69) is 35.6 Å². The fourth-order valence-corrected chi connectivity index (χ4v) is 3.45. The van der Waals surface area contributed by atoms with Gasteiger partial charge in [-0.2, -0.15) is 25.0 Å². The first kappa shape index (κ1) is 21.4. The van der Waals surface area contributed by atoms with E-state index >= 15 is 0 Å². The average Bonchev–Trinajstić information content (AvgIpc) is 3.31. The predicted octanol–water partition coefficient (Wildman–Crippen LogP) is 4.46. The fraction of sp³-hybridized carbons (Fsp3) is 0. The van der Waals surface area contributed by atoms with E-state index < -0.39 is 5.91 Å². The number of fused-ring (bicyclic) bond motifs is 1. The van der Waals surface area contributed by atoms with Gasteiger partial charge in [0, 0.05) is 5.69 Å². The molecule has 0 aliphatic carbocycles. The summed E-state index contributed by atoms with van der Waals surface area (Å²) in [6, 6.07) is 19.6. The van der Waals surface area contributed by atoms with Crippen molar-refractivity contribution < 1.29 is 9.90 Å². The number of nitriles is 1. The Balaban J connectivity index is 1.60. The molecule has 2 heterocycles.